The molecule has 1 aromatic rings. The highest BCUT2D eigenvalue weighted by Crippen LogP contribution is 2.27. The summed E-state index contributed by atoms with van der Waals surface area (Å²) in [6.45, 7) is 2.66. The Morgan fingerprint density at radius 1 is 1.32 bits per heavy atom. The number of benzene rings is 1. The monoisotopic (exact) mass is 283 g/mol. The van der Waals surface area contributed by atoms with Gasteiger partial charge in [0, 0.05) is 18.3 Å². The van der Waals surface area contributed by atoms with E-state index in [4.69, 9.17) is 5.84 Å². The first-order valence-electron chi connectivity index (χ1n) is 6.68. The molecule has 0 aromatic heterocycles. The molecule has 1 aliphatic heterocycles. The van der Waals surface area contributed by atoms with E-state index in [1.54, 1.807) is 28.6 Å². The quantitative estimate of drug-likeness (QED) is 0.654. The maximum absolute atomic E-state index is 12.6. The van der Waals surface area contributed by atoms with Crippen molar-refractivity contribution in [1.82, 2.24) is 4.31 Å². The summed E-state index contributed by atoms with van der Waals surface area (Å²) < 4.78 is 26.9. The topological polar surface area (TPSA) is 75.4 Å². The first-order chi connectivity index (χ1) is 9.09. The van der Waals surface area contributed by atoms with Gasteiger partial charge in [0.25, 0.3) is 0 Å². The molecule has 0 bridgehead atoms. The number of rotatable bonds is 4. The minimum Gasteiger partial charge on any atom is -0.324 e. The molecule has 0 radical (unpaired) electrons. The Labute approximate surface area is 114 Å². The van der Waals surface area contributed by atoms with Crippen LogP contribution in [0.5, 0.6) is 0 Å². The fraction of sp³-hybridized carbons (Fsp3) is 0.538. The zero-order valence-electron chi connectivity index (χ0n) is 11.2. The molecule has 19 heavy (non-hydrogen) atoms. The summed E-state index contributed by atoms with van der Waals surface area (Å²) >= 11 is 0. The van der Waals surface area contributed by atoms with Crippen LogP contribution in [0, 0.1) is 0 Å². The second-order valence-corrected chi connectivity index (χ2v) is 6.73. The van der Waals surface area contributed by atoms with Crippen LogP contribution in [0.2, 0.25) is 0 Å². The molecule has 2 rings (SSSR count). The molecule has 1 fully saturated rings. The number of hydrogen-bond acceptors (Lipinski definition) is 4. The first-order valence-corrected chi connectivity index (χ1v) is 8.12. The smallest absolute Gasteiger partial charge is 0.243 e. The number of anilines is 1. The molecule has 1 aliphatic rings. The summed E-state index contributed by atoms with van der Waals surface area (Å²) in [4.78, 5) is 0.340. The van der Waals surface area contributed by atoms with Gasteiger partial charge >= 0.3 is 0 Å². The highest BCUT2D eigenvalue weighted by Gasteiger charge is 2.32. The molecule has 0 aliphatic carbocycles. The van der Waals surface area contributed by atoms with E-state index in [1.807, 2.05) is 6.92 Å². The van der Waals surface area contributed by atoms with Crippen LogP contribution >= 0.6 is 0 Å². The summed E-state index contributed by atoms with van der Waals surface area (Å²) in [6, 6.07) is 6.69. The number of hydrogen-bond donors (Lipinski definition) is 2. The minimum atomic E-state index is -3.38. The van der Waals surface area contributed by atoms with E-state index < -0.39 is 10.0 Å². The Kier molecular flexibility index (Phi) is 4.44. The molecular formula is C13H21N3O2S. The van der Waals surface area contributed by atoms with Gasteiger partial charge in [0.15, 0.2) is 0 Å². The van der Waals surface area contributed by atoms with Gasteiger partial charge in [-0.15, -0.1) is 0 Å². The Balaban J connectivity index is 2.29. The number of nitrogens with zero attached hydrogens (tertiary/aromatic N) is 1. The second kappa shape index (κ2) is 5.90. The molecule has 1 atom stereocenters. The third kappa shape index (κ3) is 2.91. The van der Waals surface area contributed by atoms with Crippen LogP contribution in [0.15, 0.2) is 29.2 Å². The zero-order chi connectivity index (χ0) is 13.9. The van der Waals surface area contributed by atoms with Crippen molar-refractivity contribution in [3.63, 3.8) is 0 Å². The van der Waals surface area contributed by atoms with Crippen LogP contribution in [0.25, 0.3) is 0 Å². The van der Waals surface area contributed by atoms with Gasteiger partial charge in [-0.2, -0.15) is 4.31 Å². The van der Waals surface area contributed by atoms with Crippen LogP contribution in [-0.2, 0) is 10.0 Å². The van der Waals surface area contributed by atoms with E-state index in [2.05, 4.69) is 5.43 Å². The molecule has 3 N–H and O–H groups in total. The summed E-state index contributed by atoms with van der Waals surface area (Å²) in [5.41, 5.74) is 3.20. The SMILES string of the molecule is CCC1CCCCN1S(=O)(=O)c1ccc(NN)cc1. The van der Waals surface area contributed by atoms with Gasteiger partial charge in [-0.25, -0.2) is 8.42 Å². The summed E-state index contributed by atoms with van der Waals surface area (Å²) in [6.07, 6.45) is 3.87. The Morgan fingerprint density at radius 3 is 2.58 bits per heavy atom. The predicted molar refractivity (Wildman–Crippen MR) is 76.1 cm³/mol. The molecule has 5 nitrogen and oxygen atoms in total. The Morgan fingerprint density at radius 2 is 2.00 bits per heavy atom. The minimum absolute atomic E-state index is 0.131. The van der Waals surface area contributed by atoms with E-state index in [9.17, 15) is 8.42 Å². The van der Waals surface area contributed by atoms with Crippen molar-refractivity contribution in [3.05, 3.63) is 24.3 Å². The molecule has 1 unspecified atom stereocenters. The van der Waals surface area contributed by atoms with Gasteiger partial charge in [-0.1, -0.05) is 13.3 Å². The first kappa shape index (κ1) is 14.3. The van der Waals surface area contributed by atoms with E-state index in [1.165, 1.54) is 0 Å². The van der Waals surface area contributed by atoms with E-state index in [-0.39, 0.29) is 6.04 Å². The molecule has 106 valence electrons. The number of piperidine rings is 1. The number of sulfonamides is 1. The van der Waals surface area contributed by atoms with Crippen molar-refractivity contribution in [2.45, 2.75) is 43.5 Å². The molecular weight excluding hydrogens is 262 g/mol. The van der Waals surface area contributed by atoms with Gasteiger partial charge in [-0.3, -0.25) is 5.84 Å². The third-order valence-corrected chi connectivity index (χ3v) is 5.64. The van der Waals surface area contributed by atoms with Crippen LogP contribution in [0.3, 0.4) is 0 Å². The van der Waals surface area contributed by atoms with Crippen LogP contribution < -0.4 is 11.3 Å². The lowest BCUT2D eigenvalue weighted by molar-refractivity contribution is 0.246. The van der Waals surface area contributed by atoms with E-state index in [0.717, 1.165) is 25.7 Å². The fourth-order valence-corrected chi connectivity index (χ4v) is 4.32. The zero-order valence-corrected chi connectivity index (χ0v) is 12.0. The highest BCUT2D eigenvalue weighted by atomic mass is 32.2. The summed E-state index contributed by atoms with van der Waals surface area (Å²) in [5.74, 6) is 5.29. The number of hydrazine groups is 1. The molecule has 1 aromatic carbocycles. The van der Waals surface area contributed by atoms with E-state index in [0.29, 0.717) is 17.1 Å². The lowest BCUT2D eigenvalue weighted by Crippen LogP contribution is -2.43. The van der Waals surface area contributed by atoms with Crippen molar-refractivity contribution in [3.8, 4) is 0 Å². The van der Waals surface area contributed by atoms with Gasteiger partial charge < -0.3 is 5.43 Å². The molecule has 1 saturated heterocycles. The number of nitrogens with one attached hydrogen (secondary N) is 1. The number of nitrogen functional groups attached to an aromatic ring is 1. The lowest BCUT2D eigenvalue weighted by Gasteiger charge is -2.34. The highest BCUT2D eigenvalue weighted by molar-refractivity contribution is 7.89. The van der Waals surface area contributed by atoms with E-state index >= 15 is 0 Å². The molecule has 6 heteroatoms. The fourth-order valence-electron chi connectivity index (χ4n) is 2.56. The Bertz CT molecular complexity index is 513. The molecule has 0 amide bonds. The van der Waals surface area contributed by atoms with Gasteiger partial charge in [0.05, 0.1) is 4.90 Å². The normalized spacial score (nSPS) is 21.3. The average Bonchev–Trinajstić information content (AvgIpc) is 2.47. The largest absolute Gasteiger partial charge is 0.324 e. The van der Waals surface area contributed by atoms with Gasteiger partial charge in [-0.05, 0) is 43.5 Å². The molecule has 0 spiro atoms. The van der Waals surface area contributed by atoms with Crippen LogP contribution in [0.1, 0.15) is 32.6 Å². The maximum atomic E-state index is 12.6. The van der Waals surface area contributed by atoms with Gasteiger partial charge in [0.1, 0.15) is 0 Å². The van der Waals surface area contributed by atoms with Crippen molar-refractivity contribution >= 4 is 15.7 Å². The average molecular weight is 283 g/mol. The summed E-state index contributed by atoms with van der Waals surface area (Å²) in [7, 11) is -3.38. The van der Waals surface area contributed by atoms with Crippen LogP contribution in [0.4, 0.5) is 5.69 Å². The van der Waals surface area contributed by atoms with Crippen LogP contribution in [-0.4, -0.2) is 25.3 Å². The molecule has 1 heterocycles. The van der Waals surface area contributed by atoms with Crippen molar-refractivity contribution in [2.75, 3.05) is 12.0 Å². The second-order valence-electron chi connectivity index (χ2n) is 4.84. The van der Waals surface area contributed by atoms with Crippen molar-refractivity contribution in [2.24, 2.45) is 5.84 Å². The van der Waals surface area contributed by atoms with Crippen molar-refractivity contribution in [1.29, 1.82) is 0 Å². The Hall–Kier alpha value is -1.11. The molecule has 0 saturated carbocycles. The van der Waals surface area contributed by atoms with Gasteiger partial charge in [0.2, 0.25) is 10.0 Å². The third-order valence-electron chi connectivity index (χ3n) is 3.67. The predicted octanol–water partition coefficient (Wildman–Crippen LogP) is 1.93. The maximum Gasteiger partial charge on any atom is 0.243 e. The summed E-state index contributed by atoms with van der Waals surface area (Å²) in [5, 5.41) is 0. The lowest BCUT2D eigenvalue weighted by atomic mass is 10.0. The number of nitrogens with two attached hydrogens (primary N) is 1. The standard InChI is InChI=1S/C13H21N3O2S/c1-2-12-5-3-4-10-16(12)19(17,18)13-8-6-11(15-14)7-9-13/h6-9,12,15H,2-5,10,14H2,1H3. The van der Waals surface area contributed by atoms with Crippen molar-refractivity contribution < 1.29 is 8.42 Å².